The average molecular weight is 284 g/mol. The summed E-state index contributed by atoms with van der Waals surface area (Å²) in [5.74, 6) is -14.5. The molecule has 0 aliphatic carbocycles. The fraction of sp³-hybridized carbons (Fsp3) is 0.889. The highest BCUT2D eigenvalue weighted by Crippen LogP contribution is 2.49. The molecule has 0 aliphatic heterocycles. The van der Waals surface area contributed by atoms with Crippen LogP contribution < -0.4 is 0 Å². The standard InChI is InChI=1S/C9H11F7O2/c1-3-5(6(17)18-2)4-7(10,11)8(12,13)9(14,15)16/h5H,3-4H2,1-2H3. The molecule has 18 heavy (non-hydrogen) atoms. The lowest BCUT2D eigenvalue weighted by atomic mass is 9.94. The Labute approximate surface area is 98.1 Å². The molecule has 0 aliphatic rings. The number of ether oxygens (including phenoxy) is 1. The molecule has 9 heteroatoms. The van der Waals surface area contributed by atoms with Crippen LogP contribution in [0.5, 0.6) is 0 Å². The Morgan fingerprint density at radius 2 is 1.56 bits per heavy atom. The monoisotopic (exact) mass is 284 g/mol. The second-order valence-electron chi connectivity index (χ2n) is 3.61. The molecular formula is C9H11F7O2. The van der Waals surface area contributed by atoms with E-state index in [1.165, 1.54) is 6.92 Å². The molecule has 0 aromatic rings. The van der Waals surface area contributed by atoms with Crippen LogP contribution in [-0.2, 0) is 9.53 Å². The molecule has 2 nitrogen and oxygen atoms in total. The van der Waals surface area contributed by atoms with Gasteiger partial charge >= 0.3 is 24.0 Å². The molecule has 0 aromatic heterocycles. The molecule has 1 atom stereocenters. The predicted molar refractivity (Wildman–Crippen MR) is 46.4 cm³/mol. The summed E-state index contributed by atoms with van der Waals surface area (Å²) < 4.78 is 90.5. The van der Waals surface area contributed by atoms with E-state index >= 15 is 0 Å². The van der Waals surface area contributed by atoms with Crippen LogP contribution in [0.3, 0.4) is 0 Å². The van der Waals surface area contributed by atoms with Gasteiger partial charge in [-0.3, -0.25) is 4.79 Å². The largest absolute Gasteiger partial charge is 0.469 e. The lowest BCUT2D eigenvalue weighted by molar-refractivity contribution is -0.357. The van der Waals surface area contributed by atoms with Gasteiger partial charge in [0.2, 0.25) is 0 Å². The minimum absolute atomic E-state index is 0.337. The summed E-state index contributed by atoms with van der Waals surface area (Å²) in [4.78, 5) is 10.9. The number of hydrogen-bond donors (Lipinski definition) is 0. The maximum atomic E-state index is 13.0. The Hall–Kier alpha value is -1.02. The molecule has 0 radical (unpaired) electrons. The second-order valence-corrected chi connectivity index (χ2v) is 3.61. The lowest BCUT2D eigenvalue weighted by Crippen LogP contribution is -2.53. The van der Waals surface area contributed by atoms with E-state index in [0.29, 0.717) is 0 Å². The first-order valence-corrected chi connectivity index (χ1v) is 4.81. The number of carbonyl (C=O) groups is 1. The quantitative estimate of drug-likeness (QED) is 0.571. The van der Waals surface area contributed by atoms with Crippen molar-refractivity contribution in [3.8, 4) is 0 Å². The predicted octanol–water partition coefficient (Wildman–Crippen LogP) is 3.41. The van der Waals surface area contributed by atoms with Crippen molar-refractivity contribution in [1.29, 1.82) is 0 Å². The molecule has 0 saturated heterocycles. The molecule has 0 heterocycles. The van der Waals surface area contributed by atoms with Crippen LogP contribution in [0.2, 0.25) is 0 Å². The summed E-state index contributed by atoms with van der Waals surface area (Å²) in [6, 6.07) is 0. The molecule has 0 N–H and O–H groups in total. The third kappa shape index (κ3) is 3.26. The van der Waals surface area contributed by atoms with Crippen molar-refractivity contribution in [3.05, 3.63) is 0 Å². The summed E-state index contributed by atoms with van der Waals surface area (Å²) in [6.45, 7) is 1.20. The van der Waals surface area contributed by atoms with Crippen LogP contribution >= 0.6 is 0 Å². The van der Waals surface area contributed by atoms with E-state index in [1.807, 2.05) is 0 Å². The number of rotatable bonds is 5. The minimum Gasteiger partial charge on any atom is -0.469 e. The fourth-order valence-electron chi connectivity index (χ4n) is 1.21. The molecule has 0 bridgehead atoms. The van der Waals surface area contributed by atoms with Crippen LogP contribution in [0.25, 0.3) is 0 Å². The highest BCUT2D eigenvalue weighted by atomic mass is 19.4. The van der Waals surface area contributed by atoms with E-state index in [1.54, 1.807) is 0 Å². The highest BCUT2D eigenvalue weighted by molar-refractivity contribution is 5.72. The number of methoxy groups -OCH3 is 1. The number of esters is 1. The van der Waals surface area contributed by atoms with E-state index in [9.17, 15) is 35.5 Å². The highest BCUT2D eigenvalue weighted by Gasteiger charge is 2.73. The van der Waals surface area contributed by atoms with Crippen molar-refractivity contribution >= 4 is 5.97 Å². The molecule has 0 amide bonds. The van der Waals surface area contributed by atoms with Crippen LogP contribution in [0.15, 0.2) is 0 Å². The Balaban J connectivity index is 5.10. The van der Waals surface area contributed by atoms with Gasteiger partial charge in [-0.2, -0.15) is 30.7 Å². The summed E-state index contributed by atoms with van der Waals surface area (Å²) in [5.41, 5.74) is 0. The first-order valence-electron chi connectivity index (χ1n) is 4.81. The third-order valence-electron chi connectivity index (χ3n) is 2.35. The van der Waals surface area contributed by atoms with E-state index in [4.69, 9.17) is 0 Å². The summed E-state index contributed by atoms with van der Waals surface area (Å²) in [7, 11) is 0.824. The number of alkyl halides is 7. The average Bonchev–Trinajstić information content (AvgIpc) is 2.23. The molecule has 0 saturated carbocycles. The Kier molecular flexibility index (Phi) is 5.01. The van der Waals surface area contributed by atoms with Crippen LogP contribution in [0, 0.1) is 5.92 Å². The normalized spacial score (nSPS) is 15.4. The lowest BCUT2D eigenvalue weighted by Gasteiger charge is -2.29. The molecular weight excluding hydrogens is 273 g/mol. The first-order chi connectivity index (χ1) is 7.90. The summed E-state index contributed by atoms with van der Waals surface area (Å²) in [5, 5.41) is 0. The minimum atomic E-state index is -6.38. The Bertz CT molecular complexity index is 298. The van der Waals surface area contributed by atoms with Gasteiger partial charge in [-0.1, -0.05) is 6.92 Å². The summed E-state index contributed by atoms with van der Waals surface area (Å²) >= 11 is 0. The molecule has 108 valence electrons. The van der Waals surface area contributed by atoms with Gasteiger partial charge in [0, 0.05) is 6.42 Å². The zero-order chi connectivity index (χ0) is 14.8. The van der Waals surface area contributed by atoms with Crippen LogP contribution in [0.1, 0.15) is 19.8 Å². The van der Waals surface area contributed by atoms with Crippen LogP contribution in [0.4, 0.5) is 30.7 Å². The SMILES string of the molecule is CCC(CC(F)(F)C(F)(F)C(F)(F)F)C(=O)OC. The topological polar surface area (TPSA) is 26.3 Å². The Morgan fingerprint density at radius 3 is 1.83 bits per heavy atom. The van der Waals surface area contributed by atoms with Gasteiger partial charge in [0.15, 0.2) is 0 Å². The van der Waals surface area contributed by atoms with Crippen molar-refractivity contribution < 1.29 is 40.3 Å². The van der Waals surface area contributed by atoms with Gasteiger partial charge in [-0.05, 0) is 6.42 Å². The van der Waals surface area contributed by atoms with Gasteiger partial charge in [0.25, 0.3) is 0 Å². The number of hydrogen-bond acceptors (Lipinski definition) is 2. The zero-order valence-corrected chi connectivity index (χ0v) is 9.45. The van der Waals surface area contributed by atoms with Gasteiger partial charge < -0.3 is 4.74 Å². The maximum absolute atomic E-state index is 13.0. The van der Waals surface area contributed by atoms with Crippen molar-refractivity contribution in [2.75, 3.05) is 7.11 Å². The first kappa shape index (κ1) is 17.0. The smallest absolute Gasteiger partial charge is 0.459 e. The molecule has 0 fully saturated rings. The van der Waals surface area contributed by atoms with Gasteiger partial charge in [-0.25, -0.2) is 0 Å². The van der Waals surface area contributed by atoms with E-state index in [0.717, 1.165) is 7.11 Å². The molecule has 0 rings (SSSR count). The van der Waals surface area contributed by atoms with Gasteiger partial charge in [-0.15, -0.1) is 0 Å². The second kappa shape index (κ2) is 5.31. The maximum Gasteiger partial charge on any atom is 0.459 e. The third-order valence-corrected chi connectivity index (χ3v) is 2.35. The molecule has 0 spiro atoms. The van der Waals surface area contributed by atoms with Crippen molar-refractivity contribution in [3.63, 3.8) is 0 Å². The van der Waals surface area contributed by atoms with E-state index in [-0.39, 0.29) is 6.42 Å². The fourth-order valence-corrected chi connectivity index (χ4v) is 1.21. The van der Waals surface area contributed by atoms with E-state index < -0.39 is 36.3 Å². The summed E-state index contributed by atoms with van der Waals surface area (Å²) in [6.07, 6.45) is -8.65. The number of halogens is 7. The van der Waals surface area contributed by atoms with Gasteiger partial charge in [0.1, 0.15) is 0 Å². The van der Waals surface area contributed by atoms with Crippen molar-refractivity contribution in [2.24, 2.45) is 5.92 Å². The molecule has 1 unspecified atom stereocenters. The van der Waals surface area contributed by atoms with E-state index in [2.05, 4.69) is 4.74 Å². The van der Waals surface area contributed by atoms with Crippen molar-refractivity contribution in [2.45, 2.75) is 37.8 Å². The number of carbonyl (C=O) groups excluding carboxylic acids is 1. The molecule has 0 aromatic carbocycles. The Morgan fingerprint density at radius 1 is 1.11 bits per heavy atom. The van der Waals surface area contributed by atoms with Crippen LogP contribution in [-0.4, -0.2) is 31.1 Å². The zero-order valence-electron chi connectivity index (χ0n) is 9.45. The van der Waals surface area contributed by atoms with Gasteiger partial charge in [0.05, 0.1) is 13.0 Å². The van der Waals surface area contributed by atoms with Crippen molar-refractivity contribution in [1.82, 2.24) is 0 Å².